The Bertz CT molecular complexity index is 314. The van der Waals surface area contributed by atoms with Crippen molar-refractivity contribution >= 4 is 5.91 Å². The Labute approximate surface area is 95.9 Å². The number of carbonyl (C=O) groups is 1. The Morgan fingerprint density at radius 3 is 2.88 bits per heavy atom. The van der Waals surface area contributed by atoms with E-state index in [4.69, 9.17) is 5.11 Å². The van der Waals surface area contributed by atoms with Gasteiger partial charge in [-0.2, -0.15) is 0 Å². The fraction of sp³-hybridized carbons (Fsp3) is 0.500. The normalized spacial score (nSPS) is 10.1. The molecule has 1 N–H and O–H groups in total. The van der Waals surface area contributed by atoms with Crippen LogP contribution < -0.4 is 0 Å². The first-order valence-corrected chi connectivity index (χ1v) is 5.56. The molecular weight excluding hydrogens is 204 g/mol. The van der Waals surface area contributed by atoms with Gasteiger partial charge in [0.05, 0.1) is 6.42 Å². The zero-order valence-corrected chi connectivity index (χ0v) is 9.59. The Kier molecular flexibility index (Phi) is 5.50. The van der Waals surface area contributed by atoms with E-state index in [2.05, 4.69) is 4.98 Å². The molecule has 4 nitrogen and oxygen atoms in total. The van der Waals surface area contributed by atoms with E-state index in [1.807, 2.05) is 25.1 Å². The van der Waals surface area contributed by atoms with E-state index in [1.54, 1.807) is 11.1 Å². The Balaban J connectivity index is 2.49. The van der Waals surface area contributed by atoms with Gasteiger partial charge in [-0.15, -0.1) is 0 Å². The first kappa shape index (κ1) is 12.6. The van der Waals surface area contributed by atoms with Gasteiger partial charge in [0.15, 0.2) is 0 Å². The molecule has 0 saturated carbocycles. The van der Waals surface area contributed by atoms with Gasteiger partial charge in [-0.1, -0.05) is 6.07 Å². The lowest BCUT2D eigenvalue weighted by Crippen LogP contribution is -2.33. The van der Waals surface area contributed by atoms with Crippen LogP contribution in [0.2, 0.25) is 0 Å². The molecular formula is C12H18N2O2. The average molecular weight is 222 g/mol. The fourth-order valence-corrected chi connectivity index (χ4v) is 1.49. The standard InChI is InChI=1S/C12H18N2O2/c1-2-14(8-5-9-15)12(16)10-11-6-3-4-7-13-11/h3-4,6-7,15H,2,5,8-10H2,1H3. The summed E-state index contributed by atoms with van der Waals surface area (Å²) in [5.41, 5.74) is 0.787. The summed E-state index contributed by atoms with van der Waals surface area (Å²) < 4.78 is 0. The number of aliphatic hydroxyl groups excluding tert-OH is 1. The smallest absolute Gasteiger partial charge is 0.228 e. The average Bonchev–Trinajstić information content (AvgIpc) is 2.31. The third-order valence-electron chi connectivity index (χ3n) is 2.38. The first-order chi connectivity index (χ1) is 7.77. The van der Waals surface area contributed by atoms with E-state index in [1.165, 1.54) is 0 Å². The molecule has 0 spiro atoms. The molecule has 0 atom stereocenters. The maximum absolute atomic E-state index is 11.9. The maximum Gasteiger partial charge on any atom is 0.228 e. The number of hydrogen-bond acceptors (Lipinski definition) is 3. The molecule has 0 aliphatic rings. The molecule has 1 aromatic heterocycles. The number of rotatable bonds is 6. The Morgan fingerprint density at radius 2 is 2.31 bits per heavy atom. The topological polar surface area (TPSA) is 53.4 Å². The summed E-state index contributed by atoms with van der Waals surface area (Å²) in [7, 11) is 0. The number of likely N-dealkylation sites (N-methyl/N-ethyl adjacent to an activating group) is 1. The number of nitrogens with zero attached hydrogens (tertiary/aromatic N) is 2. The number of hydrogen-bond donors (Lipinski definition) is 1. The summed E-state index contributed by atoms with van der Waals surface area (Å²) in [6.07, 6.45) is 2.65. The van der Waals surface area contributed by atoms with Gasteiger partial charge < -0.3 is 10.0 Å². The minimum atomic E-state index is 0.0645. The van der Waals surface area contributed by atoms with Crippen LogP contribution in [0.3, 0.4) is 0 Å². The lowest BCUT2D eigenvalue weighted by Gasteiger charge is -2.20. The number of carbonyl (C=O) groups excluding carboxylic acids is 1. The fourth-order valence-electron chi connectivity index (χ4n) is 1.49. The predicted molar refractivity (Wildman–Crippen MR) is 61.9 cm³/mol. The third kappa shape index (κ3) is 3.98. The van der Waals surface area contributed by atoms with Crippen LogP contribution in [0.15, 0.2) is 24.4 Å². The van der Waals surface area contributed by atoms with Gasteiger partial charge >= 0.3 is 0 Å². The van der Waals surface area contributed by atoms with Gasteiger partial charge in [-0.25, -0.2) is 0 Å². The molecule has 88 valence electrons. The molecule has 1 amide bonds. The van der Waals surface area contributed by atoms with Crippen LogP contribution >= 0.6 is 0 Å². The lowest BCUT2D eigenvalue weighted by molar-refractivity contribution is -0.130. The second-order valence-corrected chi connectivity index (χ2v) is 3.55. The monoisotopic (exact) mass is 222 g/mol. The molecule has 0 fully saturated rings. The summed E-state index contributed by atoms with van der Waals surface area (Å²) in [5, 5.41) is 8.73. The Morgan fingerprint density at radius 1 is 1.50 bits per heavy atom. The predicted octanol–water partition coefficient (Wildman–Crippen LogP) is 0.855. The van der Waals surface area contributed by atoms with Gasteiger partial charge in [-0.3, -0.25) is 9.78 Å². The highest BCUT2D eigenvalue weighted by molar-refractivity contribution is 5.78. The van der Waals surface area contributed by atoms with Crippen LogP contribution in [0.25, 0.3) is 0 Å². The molecule has 1 aromatic rings. The van der Waals surface area contributed by atoms with Gasteiger partial charge in [-0.05, 0) is 25.5 Å². The molecule has 1 rings (SSSR count). The van der Waals surface area contributed by atoms with Crippen molar-refractivity contribution in [3.05, 3.63) is 30.1 Å². The quantitative estimate of drug-likeness (QED) is 0.776. The molecule has 0 bridgehead atoms. The van der Waals surface area contributed by atoms with Crippen molar-refractivity contribution in [1.29, 1.82) is 0 Å². The molecule has 0 radical (unpaired) electrons. The number of aliphatic hydroxyl groups is 1. The molecule has 4 heteroatoms. The Hall–Kier alpha value is -1.42. The highest BCUT2D eigenvalue weighted by Crippen LogP contribution is 2.00. The highest BCUT2D eigenvalue weighted by atomic mass is 16.3. The SMILES string of the molecule is CCN(CCCO)C(=O)Cc1ccccn1. The van der Waals surface area contributed by atoms with Crippen LogP contribution in [0.5, 0.6) is 0 Å². The maximum atomic E-state index is 11.9. The highest BCUT2D eigenvalue weighted by Gasteiger charge is 2.11. The van der Waals surface area contributed by atoms with Crippen molar-refractivity contribution < 1.29 is 9.90 Å². The molecule has 16 heavy (non-hydrogen) atoms. The number of amides is 1. The lowest BCUT2D eigenvalue weighted by atomic mass is 10.2. The molecule has 0 saturated heterocycles. The zero-order valence-electron chi connectivity index (χ0n) is 9.59. The van der Waals surface area contributed by atoms with Gasteiger partial charge in [0.25, 0.3) is 0 Å². The van der Waals surface area contributed by atoms with Crippen molar-refractivity contribution in [2.45, 2.75) is 19.8 Å². The summed E-state index contributed by atoms with van der Waals surface area (Å²) >= 11 is 0. The minimum absolute atomic E-state index is 0.0645. The third-order valence-corrected chi connectivity index (χ3v) is 2.38. The van der Waals surface area contributed by atoms with E-state index in [0.29, 0.717) is 25.9 Å². The van der Waals surface area contributed by atoms with Crippen molar-refractivity contribution in [1.82, 2.24) is 9.88 Å². The van der Waals surface area contributed by atoms with Gasteiger partial charge in [0.2, 0.25) is 5.91 Å². The van der Waals surface area contributed by atoms with Crippen molar-refractivity contribution in [3.63, 3.8) is 0 Å². The molecule has 1 heterocycles. The van der Waals surface area contributed by atoms with Crippen LogP contribution in [0, 0.1) is 0 Å². The number of aromatic nitrogens is 1. The van der Waals surface area contributed by atoms with Gasteiger partial charge in [0.1, 0.15) is 0 Å². The van der Waals surface area contributed by atoms with Crippen LogP contribution in [-0.2, 0) is 11.2 Å². The van der Waals surface area contributed by atoms with Crippen LogP contribution in [-0.4, -0.2) is 40.6 Å². The zero-order chi connectivity index (χ0) is 11.8. The van der Waals surface area contributed by atoms with E-state index >= 15 is 0 Å². The van der Waals surface area contributed by atoms with Crippen molar-refractivity contribution in [2.75, 3.05) is 19.7 Å². The number of pyridine rings is 1. The van der Waals surface area contributed by atoms with Gasteiger partial charge in [0, 0.05) is 31.6 Å². The largest absolute Gasteiger partial charge is 0.396 e. The van der Waals surface area contributed by atoms with E-state index in [-0.39, 0.29) is 12.5 Å². The first-order valence-electron chi connectivity index (χ1n) is 5.56. The minimum Gasteiger partial charge on any atom is -0.396 e. The van der Waals surface area contributed by atoms with Crippen LogP contribution in [0.4, 0.5) is 0 Å². The molecule has 0 aliphatic carbocycles. The van der Waals surface area contributed by atoms with Crippen molar-refractivity contribution in [2.24, 2.45) is 0 Å². The summed E-state index contributed by atoms with van der Waals surface area (Å²) in [4.78, 5) is 17.7. The summed E-state index contributed by atoms with van der Waals surface area (Å²) in [6, 6.07) is 5.55. The molecule has 0 aromatic carbocycles. The van der Waals surface area contributed by atoms with E-state index in [0.717, 1.165) is 5.69 Å². The van der Waals surface area contributed by atoms with E-state index in [9.17, 15) is 4.79 Å². The summed E-state index contributed by atoms with van der Waals surface area (Å²) in [5.74, 6) is 0.0645. The summed E-state index contributed by atoms with van der Waals surface area (Å²) in [6.45, 7) is 3.34. The van der Waals surface area contributed by atoms with Crippen molar-refractivity contribution in [3.8, 4) is 0 Å². The second-order valence-electron chi connectivity index (χ2n) is 3.55. The van der Waals surface area contributed by atoms with Crippen LogP contribution in [0.1, 0.15) is 19.0 Å². The molecule has 0 unspecified atom stereocenters. The molecule has 0 aliphatic heterocycles. The second kappa shape index (κ2) is 6.95. The van der Waals surface area contributed by atoms with E-state index < -0.39 is 0 Å².